The molecule has 0 radical (unpaired) electrons. The van der Waals surface area contributed by atoms with Crippen LogP contribution in [0, 0.1) is 6.92 Å². The van der Waals surface area contributed by atoms with Crippen LogP contribution in [0.1, 0.15) is 16.5 Å². The van der Waals surface area contributed by atoms with Gasteiger partial charge in [0.1, 0.15) is 11.5 Å². The molecule has 0 unspecified atom stereocenters. The Morgan fingerprint density at radius 2 is 1.92 bits per heavy atom. The smallest absolute Gasteiger partial charge is 0.244 e. The fourth-order valence-corrected chi connectivity index (χ4v) is 6.24. The fourth-order valence-electron chi connectivity index (χ4n) is 2.89. The second-order valence-electron chi connectivity index (χ2n) is 5.76. The summed E-state index contributed by atoms with van der Waals surface area (Å²) in [6, 6.07) is 12.5. The molecule has 1 aliphatic heterocycles. The minimum absolute atomic E-state index is 0.321. The number of rotatable bonds is 5. The zero-order chi connectivity index (χ0) is 18.0. The molecule has 0 aliphatic carbocycles. The van der Waals surface area contributed by atoms with Crippen LogP contribution in [0.4, 0.5) is 0 Å². The standard InChI is InChI=1S/C18H21NO4S2/c1-13-5-4-6-15(11-13)25(20,21)19-9-10-24-18(19)16-12-14(22-2)7-8-17(16)23-3/h4-8,11-12,18H,9-10H2,1-3H3/t18-/m1/s1. The molecule has 1 aliphatic rings. The fraction of sp³-hybridized carbons (Fsp3) is 0.333. The highest BCUT2D eigenvalue weighted by molar-refractivity contribution is 8.01. The van der Waals surface area contributed by atoms with Gasteiger partial charge in [-0.15, -0.1) is 11.8 Å². The van der Waals surface area contributed by atoms with Gasteiger partial charge in [-0.05, 0) is 42.8 Å². The second kappa shape index (κ2) is 7.27. The van der Waals surface area contributed by atoms with Crippen molar-refractivity contribution in [2.45, 2.75) is 17.2 Å². The highest BCUT2D eigenvalue weighted by atomic mass is 32.2. The monoisotopic (exact) mass is 379 g/mol. The summed E-state index contributed by atoms with van der Waals surface area (Å²) in [6.07, 6.45) is 0. The first-order valence-electron chi connectivity index (χ1n) is 7.89. The van der Waals surface area contributed by atoms with Gasteiger partial charge in [0, 0.05) is 17.9 Å². The molecule has 25 heavy (non-hydrogen) atoms. The summed E-state index contributed by atoms with van der Waals surface area (Å²) >= 11 is 1.59. The van der Waals surface area contributed by atoms with E-state index < -0.39 is 10.0 Å². The molecule has 3 rings (SSSR count). The summed E-state index contributed by atoms with van der Waals surface area (Å²) in [5, 5.41) is -0.337. The van der Waals surface area contributed by atoms with Crippen LogP contribution in [0.25, 0.3) is 0 Å². The Balaban J connectivity index is 2.04. The zero-order valence-corrected chi connectivity index (χ0v) is 16.1. The Labute approximate surface area is 153 Å². The molecule has 2 aromatic rings. The van der Waals surface area contributed by atoms with Gasteiger partial charge in [0.2, 0.25) is 10.0 Å². The third-order valence-corrected chi connectivity index (χ3v) is 7.38. The average molecular weight is 380 g/mol. The molecular weight excluding hydrogens is 358 g/mol. The lowest BCUT2D eigenvalue weighted by Crippen LogP contribution is -2.30. The molecule has 5 nitrogen and oxygen atoms in total. The molecule has 0 spiro atoms. The largest absolute Gasteiger partial charge is 0.497 e. The SMILES string of the molecule is COc1ccc(OC)c([C@H]2SCCN2S(=O)(=O)c2cccc(C)c2)c1. The number of hydrogen-bond donors (Lipinski definition) is 0. The maximum absolute atomic E-state index is 13.2. The summed E-state index contributed by atoms with van der Waals surface area (Å²) in [5.74, 6) is 2.07. The number of methoxy groups -OCH3 is 2. The first-order valence-corrected chi connectivity index (χ1v) is 10.4. The van der Waals surface area contributed by atoms with Crippen LogP contribution in [0.15, 0.2) is 47.4 Å². The van der Waals surface area contributed by atoms with Gasteiger partial charge in [-0.2, -0.15) is 4.31 Å². The summed E-state index contributed by atoms with van der Waals surface area (Å²) in [6.45, 7) is 2.35. The Morgan fingerprint density at radius 1 is 1.12 bits per heavy atom. The van der Waals surface area contributed by atoms with Gasteiger partial charge in [0.25, 0.3) is 0 Å². The lowest BCUT2D eigenvalue weighted by Gasteiger charge is -2.25. The molecule has 0 amide bonds. The van der Waals surface area contributed by atoms with Crippen molar-refractivity contribution < 1.29 is 17.9 Å². The quantitative estimate of drug-likeness (QED) is 0.796. The molecule has 134 valence electrons. The Kier molecular flexibility index (Phi) is 5.27. The number of hydrogen-bond acceptors (Lipinski definition) is 5. The lowest BCUT2D eigenvalue weighted by molar-refractivity contribution is 0.382. The number of sulfonamides is 1. The normalized spacial score (nSPS) is 18.3. The number of nitrogens with zero attached hydrogens (tertiary/aromatic N) is 1. The first-order chi connectivity index (χ1) is 12.0. The van der Waals surface area contributed by atoms with Crippen LogP contribution in [0.5, 0.6) is 11.5 Å². The van der Waals surface area contributed by atoms with Gasteiger partial charge < -0.3 is 9.47 Å². The Hall–Kier alpha value is -1.70. The Bertz CT molecular complexity index is 867. The average Bonchev–Trinajstić information content (AvgIpc) is 3.11. The van der Waals surface area contributed by atoms with Gasteiger partial charge in [-0.3, -0.25) is 0 Å². The maximum atomic E-state index is 13.2. The number of aryl methyl sites for hydroxylation is 1. The lowest BCUT2D eigenvalue weighted by atomic mass is 10.2. The predicted octanol–water partition coefficient (Wildman–Crippen LogP) is 3.45. The van der Waals surface area contributed by atoms with Crippen molar-refractivity contribution >= 4 is 21.8 Å². The van der Waals surface area contributed by atoms with Crippen molar-refractivity contribution in [1.29, 1.82) is 0 Å². The van der Waals surface area contributed by atoms with Crippen LogP contribution in [-0.2, 0) is 10.0 Å². The van der Waals surface area contributed by atoms with Crippen molar-refractivity contribution in [3.05, 3.63) is 53.6 Å². The van der Waals surface area contributed by atoms with E-state index in [1.165, 1.54) is 0 Å². The topological polar surface area (TPSA) is 55.8 Å². The van der Waals surface area contributed by atoms with Gasteiger partial charge >= 0.3 is 0 Å². The third-order valence-electron chi connectivity index (χ3n) is 4.15. The summed E-state index contributed by atoms with van der Waals surface area (Å²) < 4.78 is 38.6. The molecule has 0 N–H and O–H groups in total. The molecule has 1 fully saturated rings. The molecule has 1 atom stereocenters. The number of benzene rings is 2. The van der Waals surface area contributed by atoms with Crippen molar-refractivity contribution in [2.75, 3.05) is 26.5 Å². The van der Waals surface area contributed by atoms with E-state index in [0.717, 1.165) is 16.9 Å². The predicted molar refractivity (Wildman–Crippen MR) is 99.8 cm³/mol. The van der Waals surface area contributed by atoms with E-state index >= 15 is 0 Å². The molecule has 0 bridgehead atoms. The van der Waals surface area contributed by atoms with E-state index in [4.69, 9.17) is 9.47 Å². The molecule has 2 aromatic carbocycles. The van der Waals surface area contributed by atoms with Gasteiger partial charge in [0.05, 0.1) is 24.5 Å². The third kappa shape index (κ3) is 3.49. The van der Waals surface area contributed by atoms with Gasteiger partial charge in [-0.25, -0.2) is 8.42 Å². The molecule has 1 heterocycles. The van der Waals surface area contributed by atoms with E-state index in [0.29, 0.717) is 22.9 Å². The van der Waals surface area contributed by atoms with E-state index in [2.05, 4.69) is 0 Å². The highest BCUT2D eigenvalue weighted by Gasteiger charge is 2.38. The van der Waals surface area contributed by atoms with E-state index in [9.17, 15) is 8.42 Å². The minimum Gasteiger partial charge on any atom is -0.497 e. The van der Waals surface area contributed by atoms with Gasteiger partial charge in [0.15, 0.2) is 0 Å². The van der Waals surface area contributed by atoms with E-state index in [-0.39, 0.29) is 5.37 Å². The minimum atomic E-state index is -3.59. The van der Waals surface area contributed by atoms with E-state index in [1.54, 1.807) is 54.6 Å². The van der Waals surface area contributed by atoms with Crippen molar-refractivity contribution in [1.82, 2.24) is 4.31 Å². The zero-order valence-electron chi connectivity index (χ0n) is 14.4. The van der Waals surface area contributed by atoms with Crippen LogP contribution >= 0.6 is 11.8 Å². The number of thioether (sulfide) groups is 1. The number of ether oxygens (including phenoxy) is 2. The summed E-state index contributed by atoms with van der Waals surface area (Å²) in [5.41, 5.74) is 1.73. The summed E-state index contributed by atoms with van der Waals surface area (Å²) in [7, 11) is -0.407. The second-order valence-corrected chi connectivity index (χ2v) is 8.84. The van der Waals surface area contributed by atoms with Crippen LogP contribution in [-0.4, -0.2) is 39.2 Å². The Morgan fingerprint density at radius 3 is 2.60 bits per heavy atom. The van der Waals surface area contributed by atoms with Crippen LogP contribution in [0.3, 0.4) is 0 Å². The molecular formula is C18H21NO4S2. The van der Waals surface area contributed by atoms with Crippen molar-refractivity contribution in [2.24, 2.45) is 0 Å². The van der Waals surface area contributed by atoms with Crippen molar-refractivity contribution in [3.63, 3.8) is 0 Å². The molecule has 7 heteroatoms. The van der Waals surface area contributed by atoms with E-state index in [1.807, 2.05) is 25.1 Å². The molecule has 1 saturated heterocycles. The highest BCUT2D eigenvalue weighted by Crippen LogP contribution is 2.45. The summed E-state index contributed by atoms with van der Waals surface area (Å²) in [4.78, 5) is 0.321. The van der Waals surface area contributed by atoms with Gasteiger partial charge in [-0.1, -0.05) is 12.1 Å². The molecule has 0 aromatic heterocycles. The van der Waals surface area contributed by atoms with Crippen LogP contribution in [0.2, 0.25) is 0 Å². The van der Waals surface area contributed by atoms with Crippen LogP contribution < -0.4 is 9.47 Å². The van der Waals surface area contributed by atoms with Crippen molar-refractivity contribution in [3.8, 4) is 11.5 Å². The maximum Gasteiger partial charge on any atom is 0.244 e. The molecule has 0 saturated carbocycles. The first kappa shape index (κ1) is 18.1.